The summed E-state index contributed by atoms with van der Waals surface area (Å²) >= 11 is 1.51. The molecule has 0 saturated carbocycles. The maximum atomic E-state index is 12.0. The van der Waals surface area contributed by atoms with Crippen molar-refractivity contribution in [1.82, 2.24) is 10.1 Å². The maximum Gasteiger partial charge on any atom is 0.439 e. The van der Waals surface area contributed by atoms with Crippen LogP contribution in [0, 0.1) is 6.92 Å². The van der Waals surface area contributed by atoms with E-state index >= 15 is 0 Å². The lowest BCUT2D eigenvalue weighted by atomic mass is 9.97. The van der Waals surface area contributed by atoms with Crippen LogP contribution in [-0.2, 0) is 4.99 Å². The highest BCUT2D eigenvalue weighted by molar-refractivity contribution is 8.00. The molecular formula is C26H22N4O4S. The molecule has 4 aromatic rings. The van der Waals surface area contributed by atoms with E-state index in [9.17, 15) is 14.7 Å². The number of aromatic carboxylic acids is 1. The van der Waals surface area contributed by atoms with E-state index in [1.165, 1.54) is 11.8 Å². The molecule has 176 valence electrons. The van der Waals surface area contributed by atoms with E-state index in [-0.39, 0.29) is 11.4 Å². The van der Waals surface area contributed by atoms with Gasteiger partial charge >= 0.3 is 11.7 Å². The highest BCUT2D eigenvalue weighted by Crippen LogP contribution is 2.45. The Hall–Kier alpha value is -3.98. The molecular weight excluding hydrogens is 464 g/mol. The van der Waals surface area contributed by atoms with Gasteiger partial charge in [-0.05, 0) is 47.9 Å². The molecule has 1 unspecified atom stereocenters. The molecule has 0 bridgehead atoms. The summed E-state index contributed by atoms with van der Waals surface area (Å²) in [6, 6.07) is 19.0. The maximum absolute atomic E-state index is 12.0. The molecule has 1 atom stereocenters. The number of aromatic amines is 1. The van der Waals surface area contributed by atoms with Gasteiger partial charge in [0.25, 0.3) is 0 Å². The second-order valence-corrected chi connectivity index (χ2v) is 9.45. The van der Waals surface area contributed by atoms with Crippen LogP contribution >= 0.6 is 11.8 Å². The number of hydrogen-bond acceptors (Lipinski definition) is 7. The quantitative estimate of drug-likeness (QED) is 0.409. The van der Waals surface area contributed by atoms with Crippen molar-refractivity contribution < 1.29 is 14.4 Å². The second-order valence-electron chi connectivity index (χ2n) is 8.18. The molecule has 0 radical (unpaired) electrons. The molecule has 0 aliphatic carbocycles. The van der Waals surface area contributed by atoms with E-state index < -0.39 is 16.7 Å². The molecule has 0 amide bonds. The summed E-state index contributed by atoms with van der Waals surface area (Å²) in [7, 11) is 0. The van der Waals surface area contributed by atoms with Crippen molar-refractivity contribution >= 4 is 17.7 Å². The third kappa shape index (κ3) is 4.08. The minimum atomic E-state index is -1.14. The number of nitrogens with zero attached hydrogens (tertiary/aromatic N) is 3. The van der Waals surface area contributed by atoms with Crippen LogP contribution in [0.4, 0.5) is 0 Å². The van der Waals surface area contributed by atoms with Crippen molar-refractivity contribution in [3.8, 4) is 22.5 Å². The van der Waals surface area contributed by atoms with Crippen LogP contribution in [-0.4, -0.2) is 27.0 Å². The standard InChI is InChI=1S/C26H22N4O4S/c1-3-13-35-26(28-21-15(2)9-11-18(24(31)32)22(21)29-26)20-12-10-17(16-7-5-4-6-8-16)14-19(20)23-27-25(33)34-30-23/h4-12,14H,3,13H2,1-2H3,(H,31,32)(H,27,30,33). The number of carbonyl (C=O) groups is 1. The number of thioether (sulfide) groups is 1. The third-order valence-electron chi connectivity index (χ3n) is 5.79. The average molecular weight is 487 g/mol. The fraction of sp³-hybridized carbons (Fsp3) is 0.192. The van der Waals surface area contributed by atoms with E-state index in [2.05, 4.69) is 17.1 Å². The molecule has 1 aliphatic rings. The Balaban J connectivity index is 1.81. The third-order valence-corrected chi connectivity index (χ3v) is 7.21. The number of hydrogen-bond donors (Lipinski definition) is 2. The van der Waals surface area contributed by atoms with Crippen LogP contribution in [0.5, 0.6) is 0 Å². The van der Waals surface area contributed by atoms with E-state index in [4.69, 9.17) is 14.5 Å². The van der Waals surface area contributed by atoms with E-state index in [0.717, 1.165) is 28.9 Å². The zero-order valence-electron chi connectivity index (χ0n) is 19.1. The Morgan fingerprint density at radius 2 is 1.83 bits per heavy atom. The van der Waals surface area contributed by atoms with Gasteiger partial charge < -0.3 is 5.11 Å². The SMILES string of the molecule is CCCSC1(c2ccc(-c3ccccc3)cc2-c2noc(=O)[nH]2)N=c2c(C)ccc(C(=O)O)c2=N1. The predicted octanol–water partition coefficient (Wildman–Crippen LogP) is 3.91. The van der Waals surface area contributed by atoms with Gasteiger partial charge in [-0.3, -0.25) is 9.51 Å². The number of fused-ring (bicyclic) bond motifs is 1. The van der Waals surface area contributed by atoms with E-state index in [0.29, 0.717) is 21.8 Å². The summed E-state index contributed by atoms with van der Waals surface area (Å²) in [4.78, 5) is 35.3. The molecule has 0 fully saturated rings. The summed E-state index contributed by atoms with van der Waals surface area (Å²) < 4.78 is 4.82. The molecule has 0 spiro atoms. The predicted molar refractivity (Wildman–Crippen MR) is 133 cm³/mol. The van der Waals surface area contributed by atoms with Gasteiger partial charge in [-0.1, -0.05) is 60.6 Å². The van der Waals surface area contributed by atoms with E-state index in [1.54, 1.807) is 12.1 Å². The minimum Gasteiger partial charge on any atom is -0.478 e. The normalized spacial score (nSPS) is 16.4. The monoisotopic (exact) mass is 486 g/mol. The molecule has 3 aromatic carbocycles. The lowest BCUT2D eigenvalue weighted by Gasteiger charge is -2.25. The number of carboxylic acids is 1. The minimum absolute atomic E-state index is 0.102. The van der Waals surface area contributed by atoms with E-state index in [1.807, 2.05) is 55.5 Å². The molecule has 35 heavy (non-hydrogen) atoms. The number of H-pyrrole nitrogens is 1. The first kappa shape index (κ1) is 22.8. The summed E-state index contributed by atoms with van der Waals surface area (Å²) in [6.07, 6.45) is 0.872. The molecule has 2 heterocycles. The number of carboxylic acid groups (broad SMARTS) is 1. The zero-order valence-corrected chi connectivity index (χ0v) is 19.9. The molecule has 0 saturated heterocycles. The summed E-state index contributed by atoms with van der Waals surface area (Å²) in [5, 5.41) is 14.6. The fourth-order valence-electron chi connectivity index (χ4n) is 4.12. The van der Waals surface area contributed by atoms with Crippen molar-refractivity contribution in [1.29, 1.82) is 0 Å². The van der Waals surface area contributed by atoms with Gasteiger partial charge in [0.15, 0.2) is 5.82 Å². The Morgan fingerprint density at radius 3 is 2.51 bits per heavy atom. The average Bonchev–Trinajstić information content (AvgIpc) is 3.48. The topological polar surface area (TPSA) is 121 Å². The van der Waals surface area contributed by atoms with Crippen LogP contribution in [0.15, 0.2) is 80.0 Å². The Morgan fingerprint density at radius 1 is 1.06 bits per heavy atom. The van der Waals surface area contributed by atoms with Crippen molar-refractivity contribution in [2.24, 2.45) is 9.98 Å². The molecule has 9 heteroatoms. The van der Waals surface area contributed by atoms with Gasteiger partial charge in [-0.2, -0.15) is 0 Å². The highest BCUT2D eigenvalue weighted by atomic mass is 32.2. The summed E-state index contributed by atoms with van der Waals surface area (Å²) in [5.41, 5.74) is 4.15. The van der Waals surface area contributed by atoms with Crippen LogP contribution in [0.25, 0.3) is 22.5 Å². The van der Waals surface area contributed by atoms with Gasteiger partial charge in [-0.15, -0.1) is 11.8 Å². The second kappa shape index (κ2) is 8.99. The lowest BCUT2D eigenvalue weighted by Crippen LogP contribution is -2.30. The highest BCUT2D eigenvalue weighted by Gasteiger charge is 2.38. The molecule has 1 aromatic heterocycles. The van der Waals surface area contributed by atoms with Crippen molar-refractivity contribution in [2.45, 2.75) is 25.3 Å². The van der Waals surface area contributed by atoms with Gasteiger partial charge in [-0.25, -0.2) is 19.6 Å². The molecule has 1 aliphatic heterocycles. The Kier molecular flexibility index (Phi) is 5.86. The van der Waals surface area contributed by atoms with Crippen LogP contribution in [0.2, 0.25) is 0 Å². The summed E-state index contributed by atoms with van der Waals surface area (Å²) in [6.45, 7) is 3.95. The first-order valence-corrected chi connectivity index (χ1v) is 12.1. The van der Waals surface area contributed by atoms with Gasteiger partial charge in [0, 0.05) is 11.1 Å². The summed E-state index contributed by atoms with van der Waals surface area (Å²) in [5.74, 6) is -0.732. The smallest absolute Gasteiger partial charge is 0.439 e. The van der Waals surface area contributed by atoms with Crippen molar-refractivity contribution in [2.75, 3.05) is 5.75 Å². The lowest BCUT2D eigenvalue weighted by molar-refractivity contribution is 0.0695. The van der Waals surface area contributed by atoms with Crippen LogP contribution < -0.4 is 16.5 Å². The number of nitrogens with one attached hydrogen (secondary N) is 1. The molecule has 8 nitrogen and oxygen atoms in total. The number of aromatic nitrogens is 2. The van der Waals surface area contributed by atoms with Crippen LogP contribution in [0.3, 0.4) is 0 Å². The fourth-order valence-corrected chi connectivity index (χ4v) is 5.26. The molecule has 2 N–H and O–H groups in total. The number of benzene rings is 3. The first-order valence-electron chi connectivity index (χ1n) is 11.1. The van der Waals surface area contributed by atoms with Gasteiger partial charge in [0.2, 0.25) is 4.99 Å². The largest absolute Gasteiger partial charge is 0.478 e. The number of rotatable bonds is 7. The first-order chi connectivity index (χ1) is 16.9. The van der Waals surface area contributed by atoms with Crippen molar-refractivity contribution in [3.05, 3.63) is 98.6 Å². The van der Waals surface area contributed by atoms with Crippen molar-refractivity contribution in [3.63, 3.8) is 0 Å². The number of aryl methyl sites for hydroxylation is 1. The van der Waals surface area contributed by atoms with Gasteiger partial charge in [0.1, 0.15) is 5.36 Å². The Bertz CT molecular complexity index is 1610. The van der Waals surface area contributed by atoms with Crippen LogP contribution in [0.1, 0.15) is 34.8 Å². The molecule has 5 rings (SSSR count). The Labute approximate surface area is 204 Å². The van der Waals surface area contributed by atoms with Gasteiger partial charge in [0.05, 0.1) is 10.9 Å². The zero-order chi connectivity index (χ0) is 24.6.